The molecule has 0 aromatic heterocycles. The van der Waals surface area contributed by atoms with Crippen LogP contribution in [0.1, 0.15) is 19.3 Å². The molecule has 0 heterocycles. The summed E-state index contributed by atoms with van der Waals surface area (Å²) in [5, 5.41) is 0. The first kappa shape index (κ1) is 7.63. The van der Waals surface area contributed by atoms with Crippen LogP contribution in [0.5, 0.6) is 0 Å². The Labute approximate surface area is 57.7 Å². The molecule has 0 spiro atoms. The fraction of sp³-hybridized carbons (Fsp3) is 0.714. The first-order chi connectivity index (χ1) is 4.61. The Morgan fingerprint density at radius 1 is 1.30 bits per heavy atom. The summed E-state index contributed by atoms with van der Waals surface area (Å²) in [6, 6.07) is 0. The van der Waals surface area contributed by atoms with Gasteiger partial charge in [0.05, 0.1) is 5.92 Å². The summed E-state index contributed by atoms with van der Waals surface area (Å²) in [7, 11) is 0. The zero-order chi connectivity index (χ0) is 7.61. The van der Waals surface area contributed by atoms with Crippen molar-refractivity contribution >= 4 is 0 Å². The van der Waals surface area contributed by atoms with Gasteiger partial charge in [-0.05, 0) is 19.3 Å². The molecule has 0 nitrogen and oxygen atoms in total. The molecule has 0 saturated carbocycles. The second-order valence-electron chi connectivity index (χ2n) is 2.51. The Morgan fingerprint density at radius 3 is 2.30 bits per heavy atom. The molecular weight excluding hydrogens is 141 g/mol. The molecule has 1 atom stereocenters. The number of allylic oxidation sites excluding steroid dienone is 2. The van der Waals surface area contributed by atoms with Crippen molar-refractivity contribution in [2.24, 2.45) is 5.92 Å². The Balaban J connectivity index is 2.55. The van der Waals surface area contributed by atoms with Crippen molar-refractivity contribution in [3.05, 3.63) is 12.2 Å². The molecule has 0 bridgehead atoms. The van der Waals surface area contributed by atoms with E-state index in [-0.39, 0.29) is 6.42 Å². The summed E-state index contributed by atoms with van der Waals surface area (Å²) in [6.07, 6.45) is 0.593. The lowest BCUT2D eigenvalue weighted by molar-refractivity contribution is -0.163. The van der Waals surface area contributed by atoms with E-state index < -0.39 is 12.1 Å². The molecule has 0 aromatic carbocycles. The van der Waals surface area contributed by atoms with Crippen molar-refractivity contribution in [3.8, 4) is 0 Å². The first-order valence-corrected chi connectivity index (χ1v) is 3.34. The van der Waals surface area contributed by atoms with Crippen molar-refractivity contribution < 1.29 is 13.2 Å². The standard InChI is InChI=1S/C7H9F3/c8-7(9,10)6-4-2-1-3-5-6/h2,4,6H,1,3,5H2/t6-/m1/s1. The van der Waals surface area contributed by atoms with Crippen LogP contribution in [0.2, 0.25) is 0 Å². The summed E-state index contributed by atoms with van der Waals surface area (Å²) in [6.45, 7) is 0. The molecule has 0 aliphatic heterocycles. The Bertz CT molecular complexity index is 134. The van der Waals surface area contributed by atoms with Gasteiger partial charge in [-0.15, -0.1) is 0 Å². The van der Waals surface area contributed by atoms with Crippen LogP contribution >= 0.6 is 0 Å². The van der Waals surface area contributed by atoms with Crippen molar-refractivity contribution in [2.75, 3.05) is 0 Å². The van der Waals surface area contributed by atoms with Crippen molar-refractivity contribution in [1.29, 1.82) is 0 Å². The summed E-state index contributed by atoms with van der Waals surface area (Å²) in [5.74, 6) is -1.18. The third kappa shape index (κ3) is 1.75. The molecule has 0 amide bonds. The van der Waals surface area contributed by atoms with Crippen molar-refractivity contribution in [3.63, 3.8) is 0 Å². The van der Waals surface area contributed by atoms with E-state index in [1.165, 1.54) is 6.08 Å². The van der Waals surface area contributed by atoms with Gasteiger partial charge in [-0.2, -0.15) is 13.2 Å². The van der Waals surface area contributed by atoms with Gasteiger partial charge in [0.2, 0.25) is 0 Å². The maximum absolute atomic E-state index is 11.9. The SMILES string of the molecule is FC(F)(F)[C@@H]1C=CCCC1. The predicted octanol–water partition coefficient (Wildman–Crippen LogP) is 2.91. The molecule has 0 aromatic rings. The molecule has 10 heavy (non-hydrogen) atoms. The van der Waals surface area contributed by atoms with Crippen molar-refractivity contribution in [2.45, 2.75) is 25.4 Å². The monoisotopic (exact) mass is 150 g/mol. The van der Waals surface area contributed by atoms with E-state index in [9.17, 15) is 13.2 Å². The minimum absolute atomic E-state index is 0.264. The van der Waals surface area contributed by atoms with Gasteiger partial charge in [0.1, 0.15) is 0 Å². The second kappa shape index (κ2) is 2.64. The molecular formula is C7H9F3. The van der Waals surface area contributed by atoms with Gasteiger partial charge in [0.15, 0.2) is 0 Å². The Morgan fingerprint density at radius 2 is 2.00 bits per heavy atom. The van der Waals surface area contributed by atoms with Gasteiger partial charge >= 0.3 is 6.18 Å². The summed E-state index contributed by atoms with van der Waals surface area (Å²) in [4.78, 5) is 0. The minimum atomic E-state index is -4.02. The van der Waals surface area contributed by atoms with Gasteiger partial charge in [0.25, 0.3) is 0 Å². The fourth-order valence-corrected chi connectivity index (χ4v) is 1.09. The third-order valence-electron chi connectivity index (χ3n) is 1.67. The molecule has 0 fully saturated rings. The lowest BCUT2D eigenvalue weighted by Crippen LogP contribution is -2.22. The van der Waals surface area contributed by atoms with Crippen LogP contribution in [-0.2, 0) is 0 Å². The number of rotatable bonds is 0. The summed E-state index contributed by atoms with van der Waals surface area (Å²) in [5.41, 5.74) is 0. The van der Waals surface area contributed by atoms with E-state index in [0.717, 1.165) is 6.42 Å². The zero-order valence-electron chi connectivity index (χ0n) is 5.49. The summed E-state index contributed by atoms with van der Waals surface area (Å²) < 4.78 is 35.7. The third-order valence-corrected chi connectivity index (χ3v) is 1.67. The van der Waals surface area contributed by atoms with Gasteiger partial charge < -0.3 is 0 Å². The molecule has 0 unspecified atom stereocenters. The molecule has 58 valence electrons. The molecule has 1 aliphatic carbocycles. The molecule has 0 N–H and O–H groups in total. The molecule has 3 heteroatoms. The molecule has 0 saturated heterocycles. The number of alkyl halides is 3. The smallest absolute Gasteiger partial charge is 0.170 e. The van der Waals surface area contributed by atoms with Crippen LogP contribution < -0.4 is 0 Å². The minimum Gasteiger partial charge on any atom is -0.170 e. The van der Waals surface area contributed by atoms with Gasteiger partial charge in [-0.25, -0.2) is 0 Å². The van der Waals surface area contributed by atoms with Gasteiger partial charge in [-0.1, -0.05) is 12.2 Å². The van der Waals surface area contributed by atoms with Crippen LogP contribution in [0, 0.1) is 5.92 Å². The van der Waals surface area contributed by atoms with Crippen LogP contribution in [0.3, 0.4) is 0 Å². The highest BCUT2D eigenvalue weighted by Crippen LogP contribution is 2.33. The van der Waals surface area contributed by atoms with Crippen LogP contribution in [-0.4, -0.2) is 6.18 Å². The topological polar surface area (TPSA) is 0 Å². The molecule has 1 aliphatic rings. The highest BCUT2D eigenvalue weighted by Gasteiger charge is 2.37. The lowest BCUT2D eigenvalue weighted by Gasteiger charge is -2.18. The lowest BCUT2D eigenvalue weighted by atomic mass is 9.96. The first-order valence-electron chi connectivity index (χ1n) is 3.34. The average molecular weight is 150 g/mol. The van der Waals surface area contributed by atoms with E-state index in [0.29, 0.717) is 6.42 Å². The van der Waals surface area contributed by atoms with Gasteiger partial charge in [-0.3, -0.25) is 0 Å². The Hall–Kier alpha value is -0.470. The predicted molar refractivity (Wildman–Crippen MR) is 32.5 cm³/mol. The van der Waals surface area contributed by atoms with E-state index in [4.69, 9.17) is 0 Å². The number of hydrogen-bond acceptors (Lipinski definition) is 0. The highest BCUT2D eigenvalue weighted by atomic mass is 19.4. The molecule has 1 rings (SSSR count). The quantitative estimate of drug-likeness (QED) is 0.466. The van der Waals surface area contributed by atoms with Crippen LogP contribution in [0.4, 0.5) is 13.2 Å². The maximum atomic E-state index is 11.9. The normalized spacial score (nSPS) is 26.9. The number of halogens is 3. The number of hydrogen-bond donors (Lipinski definition) is 0. The van der Waals surface area contributed by atoms with Crippen LogP contribution in [0.15, 0.2) is 12.2 Å². The maximum Gasteiger partial charge on any atom is 0.395 e. The van der Waals surface area contributed by atoms with E-state index >= 15 is 0 Å². The van der Waals surface area contributed by atoms with E-state index in [1.54, 1.807) is 6.08 Å². The average Bonchev–Trinajstić information content (AvgIpc) is 1.88. The second-order valence-corrected chi connectivity index (χ2v) is 2.51. The largest absolute Gasteiger partial charge is 0.395 e. The Kier molecular flexibility index (Phi) is 2.02. The van der Waals surface area contributed by atoms with E-state index in [1.807, 2.05) is 0 Å². The van der Waals surface area contributed by atoms with Crippen LogP contribution in [0.25, 0.3) is 0 Å². The summed E-state index contributed by atoms with van der Waals surface area (Å²) >= 11 is 0. The van der Waals surface area contributed by atoms with E-state index in [2.05, 4.69) is 0 Å². The zero-order valence-corrected chi connectivity index (χ0v) is 5.49. The highest BCUT2D eigenvalue weighted by molar-refractivity contribution is 4.95. The fourth-order valence-electron chi connectivity index (χ4n) is 1.09. The van der Waals surface area contributed by atoms with Gasteiger partial charge in [0, 0.05) is 0 Å². The molecule has 0 radical (unpaired) electrons. The van der Waals surface area contributed by atoms with Crippen molar-refractivity contribution in [1.82, 2.24) is 0 Å².